The number of alkyl halides is 1. The van der Waals surface area contributed by atoms with E-state index in [-0.39, 0.29) is 0 Å². The van der Waals surface area contributed by atoms with Gasteiger partial charge in [0.25, 0.3) is 0 Å². The largest absolute Gasteiger partial charge is 0.245 e. The summed E-state index contributed by atoms with van der Waals surface area (Å²) in [4.78, 5) is 7.99. The van der Waals surface area contributed by atoms with E-state index in [1.165, 1.54) is 11.9 Å². The number of aryl methyl sites for hydroxylation is 1. The number of halogens is 1. The van der Waals surface area contributed by atoms with Crippen LogP contribution in [0.4, 0.5) is 0 Å². The molecular formula is C10H11BrN4. The second kappa shape index (κ2) is 5.02. The highest BCUT2D eigenvalue weighted by molar-refractivity contribution is 9.09. The van der Waals surface area contributed by atoms with Crippen molar-refractivity contribution in [1.29, 1.82) is 0 Å². The molecule has 2 heterocycles. The molecule has 0 aliphatic heterocycles. The predicted octanol–water partition coefficient (Wildman–Crippen LogP) is 1.99. The summed E-state index contributed by atoms with van der Waals surface area (Å²) in [5, 5.41) is 5.27. The van der Waals surface area contributed by atoms with Crippen molar-refractivity contribution in [3.63, 3.8) is 0 Å². The van der Waals surface area contributed by atoms with Crippen molar-refractivity contribution >= 4 is 15.9 Å². The lowest BCUT2D eigenvalue weighted by Gasteiger charge is -1.97. The van der Waals surface area contributed by atoms with Gasteiger partial charge in [-0.05, 0) is 18.4 Å². The Bertz CT molecular complexity index is 412. The van der Waals surface area contributed by atoms with E-state index >= 15 is 0 Å². The molecular weight excluding hydrogens is 256 g/mol. The van der Waals surface area contributed by atoms with Gasteiger partial charge in [0.2, 0.25) is 0 Å². The summed E-state index contributed by atoms with van der Waals surface area (Å²) in [5.74, 6) is 0.801. The Morgan fingerprint density at radius 3 is 3.07 bits per heavy atom. The van der Waals surface area contributed by atoms with E-state index < -0.39 is 0 Å². The maximum Gasteiger partial charge on any atom is 0.156 e. The second-order valence-electron chi connectivity index (χ2n) is 3.15. The Morgan fingerprint density at radius 1 is 1.40 bits per heavy atom. The van der Waals surface area contributed by atoms with E-state index in [2.05, 4.69) is 31.0 Å². The predicted molar refractivity (Wildman–Crippen MR) is 61.3 cm³/mol. The number of hydrogen-bond acceptors (Lipinski definition) is 3. The molecule has 2 rings (SSSR count). The van der Waals surface area contributed by atoms with Crippen LogP contribution in [0.3, 0.4) is 0 Å². The topological polar surface area (TPSA) is 43.6 Å². The van der Waals surface area contributed by atoms with Gasteiger partial charge in [0, 0.05) is 23.8 Å². The molecule has 0 aromatic carbocycles. The summed E-state index contributed by atoms with van der Waals surface area (Å²) in [6.07, 6.45) is 9.28. The average molecular weight is 267 g/mol. The van der Waals surface area contributed by atoms with Crippen LogP contribution in [0.25, 0.3) is 5.82 Å². The molecule has 0 radical (unpaired) electrons. The van der Waals surface area contributed by atoms with Crippen LogP contribution in [0.15, 0.2) is 31.0 Å². The van der Waals surface area contributed by atoms with E-state index in [1.807, 2.05) is 18.5 Å². The molecule has 5 heteroatoms. The molecule has 4 nitrogen and oxygen atoms in total. The zero-order valence-electron chi connectivity index (χ0n) is 8.17. The number of hydrogen-bond donors (Lipinski definition) is 0. The number of rotatable bonds is 4. The Labute approximate surface area is 96.5 Å². The normalized spacial score (nSPS) is 10.5. The summed E-state index contributed by atoms with van der Waals surface area (Å²) in [7, 11) is 0. The molecule has 0 aliphatic carbocycles. The highest BCUT2D eigenvalue weighted by Gasteiger charge is 2.00. The zero-order valence-corrected chi connectivity index (χ0v) is 9.76. The SMILES string of the molecule is BrCCCc1cnn(-c2ccncn2)c1. The third kappa shape index (κ3) is 2.62. The van der Waals surface area contributed by atoms with Gasteiger partial charge in [0.1, 0.15) is 6.33 Å². The van der Waals surface area contributed by atoms with Crippen molar-refractivity contribution < 1.29 is 0 Å². The zero-order chi connectivity index (χ0) is 10.5. The van der Waals surface area contributed by atoms with Crippen LogP contribution in [0, 0.1) is 0 Å². The van der Waals surface area contributed by atoms with Crippen LogP contribution in [0.1, 0.15) is 12.0 Å². The van der Waals surface area contributed by atoms with Gasteiger partial charge < -0.3 is 0 Å². The number of aromatic nitrogens is 4. The summed E-state index contributed by atoms with van der Waals surface area (Å²) in [5.41, 5.74) is 1.23. The molecule has 0 amide bonds. The first-order valence-electron chi connectivity index (χ1n) is 4.76. The van der Waals surface area contributed by atoms with Crippen molar-refractivity contribution in [3.05, 3.63) is 36.5 Å². The first-order valence-corrected chi connectivity index (χ1v) is 5.88. The monoisotopic (exact) mass is 266 g/mol. The van der Waals surface area contributed by atoms with E-state index in [0.717, 1.165) is 24.0 Å². The molecule has 0 saturated carbocycles. The molecule has 15 heavy (non-hydrogen) atoms. The highest BCUT2D eigenvalue weighted by Crippen LogP contribution is 2.06. The summed E-state index contributed by atoms with van der Waals surface area (Å²) < 4.78 is 1.77. The van der Waals surface area contributed by atoms with E-state index in [9.17, 15) is 0 Å². The molecule has 2 aromatic rings. The first kappa shape index (κ1) is 10.3. The first-order chi connectivity index (χ1) is 7.40. The van der Waals surface area contributed by atoms with Crippen molar-refractivity contribution in [2.45, 2.75) is 12.8 Å². The van der Waals surface area contributed by atoms with Crippen molar-refractivity contribution in [3.8, 4) is 5.82 Å². The minimum atomic E-state index is 0.801. The molecule has 0 aliphatic rings. The molecule has 0 spiro atoms. The minimum absolute atomic E-state index is 0.801. The van der Waals surface area contributed by atoms with Crippen molar-refractivity contribution in [2.24, 2.45) is 0 Å². The molecule has 0 atom stereocenters. The van der Waals surface area contributed by atoms with Gasteiger partial charge in [0.15, 0.2) is 5.82 Å². The molecule has 0 unspecified atom stereocenters. The Kier molecular flexibility index (Phi) is 3.45. The van der Waals surface area contributed by atoms with Crippen LogP contribution in [-0.2, 0) is 6.42 Å². The maximum absolute atomic E-state index is 4.25. The molecule has 0 saturated heterocycles. The lowest BCUT2D eigenvalue weighted by molar-refractivity contribution is 0.837. The average Bonchev–Trinajstić information content (AvgIpc) is 2.76. The third-order valence-electron chi connectivity index (χ3n) is 2.04. The molecule has 2 aromatic heterocycles. The maximum atomic E-state index is 4.25. The highest BCUT2D eigenvalue weighted by atomic mass is 79.9. The quantitative estimate of drug-likeness (QED) is 0.796. The summed E-state index contributed by atoms with van der Waals surface area (Å²) in [6, 6.07) is 1.83. The third-order valence-corrected chi connectivity index (χ3v) is 2.60. The molecule has 0 fully saturated rings. The molecule has 78 valence electrons. The fourth-order valence-corrected chi connectivity index (χ4v) is 1.59. The van der Waals surface area contributed by atoms with Gasteiger partial charge in [-0.1, -0.05) is 15.9 Å². The van der Waals surface area contributed by atoms with Crippen LogP contribution in [-0.4, -0.2) is 25.1 Å². The van der Waals surface area contributed by atoms with Gasteiger partial charge in [-0.25, -0.2) is 14.6 Å². The Balaban J connectivity index is 2.14. The summed E-state index contributed by atoms with van der Waals surface area (Å²) in [6.45, 7) is 0. The van der Waals surface area contributed by atoms with E-state index in [0.29, 0.717) is 0 Å². The van der Waals surface area contributed by atoms with Crippen LogP contribution in [0.2, 0.25) is 0 Å². The fraction of sp³-hybridized carbons (Fsp3) is 0.300. The molecule has 0 bridgehead atoms. The Hall–Kier alpha value is -1.23. The standard InChI is InChI=1S/C10H11BrN4/c11-4-1-2-9-6-14-15(7-9)10-3-5-12-8-13-10/h3,5-8H,1-2,4H2. The van der Waals surface area contributed by atoms with Crippen LogP contribution in [0.5, 0.6) is 0 Å². The fourth-order valence-electron chi connectivity index (χ4n) is 1.30. The summed E-state index contributed by atoms with van der Waals surface area (Å²) >= 11 is 3.41. The van der Waals surface area contributed by atoms with Gasteiger partial charge in [-0.3, -0.25) is 0 Å². The van der Waals surface area contributed by atoms with Gasteiger partial charge in [-0.2, -0.15) is 5.10 Å². The van der Waals surface area contributed by atoms with E-state index in [1.54, 1.807) is 10.9 Å². The lowest BCUT2D eigenvalue weighted by atomic mass is 10.2. The van der Waals surface area contributed by atoms with Crippen molar-refractivity contribution in [2.75, 3.05) is 5.33 Å². The van der Waals surface area contributed by atoms with Gasteiger partial charge in [0.05, 0.1) is 6.20 Å². The number of nitrogens with zero attached hydrogens (tertiary/aromatic N) is 4. The van der Waals surface area contributed by atoms with Crippen molar-refractivity contribution in [1.82, 2.24) is 19.7 Å². The molecule has 0 N–H and O–H groups in total. The van der Waals surface area contributed by atoms with Gasteiger partial charge in [-0.15, -0.1) is 0 Å². The Morgan fingerprint density at radius 2 is 2.33 bits per heavy atom. The van der Waals surface area contributed by atoms with Crippen LogP contribution >= 0.6 is 15.9 Å². The smallest absolute Gasteiger partial charge is 0.156 e. The van der Waals surface area contributed by atoms with E-state index in [4.69, 9.17) is 0 Å². The van der Waals surface area contributed by atoms with Gasteiger partial charge >= 0.3 is 0 Å². The minimum Gasteiger partial charge on any atom is -0.245 e. The lowest BCUT2D eigenvalue weighted by Crippen LogP contribution is -1.97. The second-order valence-corrected chi connectivity index (χ2v) is 3.95. The van der Waals surface area contributed by atoms with Crippen LogP contribution < -0.4 is 0 Å².